The summed E-state index contributed by atoms with van der Waals surface area (Å²) in [6.07, 6.45) is 0. The zero-order valence-corrected chi connectivity index (χ0v) is 15.4. The smallest absolute Gasteiger partial charge is 0.246 e. The Kier molecular flexibility index (Phi) is 5.47. The third kappa shape index (κ3) is 3.76. The number of halogens is 2. The van der Waals surface area contributed by atoms with Crippen molar-refractivity contribution in [3.05, 3.63) is 64.1 Å². The lowest BCUT2D eigenvalue weighted by molar-refractivity contribution is 0.181. The molecule has 7 heteroatoms. The SMILES string of the molecule is O=S(=O)(c1c(Cl)cccc1Cl)N1CCN(Cc2ccccc2)CC1. The van der Waals surface area contributed by atoms with Gasteiger partial charge in [0.15, 0.2) is 0 Å². The van der Waals surface area contributed by atoms with Gasteiger partial charge >= 0.3 is 0 Å². The molecule has 0 bridgehead atoms. The van der Waals surface area contributed by atoms with E-state index in [1.807, 2.05) is 18.2 Å². The molecule has 128 valence electrons. The third-order valence-electron chi connectivity index (χ3n) is 4.10. The Morgan fingerprint density at radius 3 is 2.00 bits per heavy atom. The van der Waals surface area contributed by atoms with Crippen molar-refractivity contribution in [2.24, 2.45) is 0 Å². The van der Waals surface area contributed by atoms with Gasteiger partial charge in [-0.15, -0.1) is 0 Å². The normalized spacial score (nSPS) is 17.1. The maximum atomic E-state index is 12.8. The van der Waals surface area contributed by atoms with E-state index in [9.17, 15) is 8.42 Å². The van der Waals surface area contributed by atoms with Crippen molar-refractivity contribution < 1.29 is 8.42 Å². The topological polar surface area (TPSA) is 40.6 Å². The van der Waals surface area contributed by atoms with Crippen molar-refractivity contribution in [1.82, 2.24) is 9.21 Å². The van der Waals surface area contributed by atoms with E-state index < -0.39 is 10.0 Å². The Hall–Kier alpha value is -1.11. The molecule has 0 amide bonds. The fourth-order valence-electron chi connectivity index (χ4n) is 2.83. The van der Waals surface area contributed by atoms with E-state index in [-0.39, 0.29) is 14.9 Å². The third-order valence-corrected chi connectivity index (χ3v) is 6.95. The summed E-state index contributed by atoms with van der Waals surface area (Å²) in [5, 5.41) is 0.323. The van der Waals surface area contributed by atoms with Gasteiger partial charge in [-0.3, -0.25) is 4.90 Å². The highest BCUT2D eigenvalue weighted by Gasteiger charge is 2.31. The molecule has 0 aromatic heterocycles. The van der Waals surface area contributed by atoms with Crippen LogP contribution in [0.1, 0.15) is 5.56 Å². The van der Waals surface area contributed by atoms with E-state index >= 15 is 0 Å². The van der Waals surface area contributed by atoms with Crippen LogP contribution in [-0.4, -0.2) is 43.8 Å². The van der Waals surface area contributed by atoms with Crippen LogP contribution in [0.3, 0.4) is 0 Å². The number of nitrogens with zero attached hydrogens (tertiary/aromatic N) is 2. The number of sulfonamides is 1. The van der Waals surface area contributed by atoms with Gasteiger partial charge in [0.1, 0.15) is 4.90 Å². The van der Waals surface area contributed by atoms with E-state index in [1.54, 1.807) is 18.2 Å². The first kappa shape index (κ1) is 17.7. The first-order chi connectivity index (χ1) is 11.5. The minimum absolute atomic E-state index is 0.00448. The largest absolute Gasteiger partial charge is 0.296 e. The summed E-state index contributed by atoms with van der Waals surface area (Å²) >= 11 is 12.1. The Bertz CT molecular complexity index is 784. The van der Waals surface area contributed by atoms with Gasteiger partial charge < -0.3 is 0 Å². The molecule has 1 aliphatic rings. The molecule has 1 saturated heterocycles. The highest BCUT2D eigenvalue weighted by atomic mass is 35.5. The average Bonchev–Trinajstić information content (AvgIpc) is 2.56. The second-order valence-electron chi connectivity index (χ2n) is 5.72. The van der Waals surface area contributed by atoms with Gasteiger partial charge in [-0.25, -0.2) is 8.42 Å². The predicted octanol–water partition coefficient (Wildman–Crippen LogP) is 3.50. The van der Waals surface area contributed by atoms with Gasteiger partial charge in [-0.1, -0.05) is 59.6 Å². The standard InChI is InChI=1S/C17H18Cl2N2O2S/c18-15-7-4-8-16(19)17(15)24(22,23)21-11-9-20(10-12-21)13-14-5-2-1-3-6-14/h1-8H,9-13H2. The van der Waals surface area contributed by atoms with Crippen molar-refractivity contribution in [2.75, 3.05) is 26.2 Å². The zero-order chi connectivity index (χ0) is 17.2. The molecule has 0 atom stereocenters. The van der Waals surface area contributed by atoms with Crippen LogP contribution < -0.4 is 0 Å². The monoisotopic (exact) mass is 384 g/mol. The van der Waals surface area contributed by atoms with Crippen LogP contribution in [-0.2, 0) is 16.6 Å². The second kappa shape index (κ2) is 7.42. The van der Waals surface area contributed by atoms with Crippen molar-refractivity contribution in [2.45, 2.75) is 11.4 Å². The molecule has 24 heavy (non-hydrogen) atoms. The van der Waals surface area contributed by atoms with Crippen LogP contribution in [0.2, 0.25) is 10.0 Å². The zero-order valence-electron chi connectivity index (χ0n) is 13.0. The quantitative estimate of drug-likeness (QED) is 0.809. The summed E-state index contributed by atoms with van der Waals surface area (Å²) in [5.74, 6) is 0. The predicted molar refractivity (Wildman–Crippen MR) is 96.9 cm³/mol. The maximum Gasteiger partial charge on any atom is 0.246 e. The van der Waals surface area contributed by atoms with Crippen molar-refractivity contribution in [3.63, 3.8) is 0 Å². The summed E-state index contributed by atoms with van der Waals surface area (Å²) in [7, 11) is -3.68. The second-order valence-corrected chi connectivity index (χ2v) is 8.41. The van der Waals surface area contributed by atoms with Gasteiger partial charge in [0.25, 0.3) is 0 Å². The molecule has 1 heterocycles. The fourth-order valence-corrected chi connectivity index (χ4v) is 5.34. The molecule has 3 rings (SSSR count). The molecular formula is C17H18Cl2N2O2S. The number of benzene rings is 2. The Balaban J connectivity index is 1.70. The van der Waals surface area contributed by atoms with Crippen LogP contribution in [0, 0.1) is 0 Å². The molecule has 2 aromatic carbocycles. The Morgan fingerprint density at radius 2 is 1.42 bits per heavy atom. The van der Waals surface area contributed by atoms with E-state index in [0.717, 1.165) is 6.54 Å². The van der Waals surface area contributed by atoms with Crippen LogP contribution in [0.25, 0.3) is 0 Å². The lowest BCUT2D eigenvalue weighted by Gasteiger charge is -2.34. The van der Waals surface area contributed by atoms with E-state index in [4.69, 9.17) is 23.2 Å². The van der Waals surface area contributed by atoms with Gasteiger partial charge in [0, 0.05) is 32.7 Å². The van der Waals surface area contributed by atoms with Crippen LogP contribution in [0.5, 0.6) is 0 Å². The first-order valence-corrected chi connectivity index (χ1v) is 9.88. The molecule has 1 fully saturated rings. The number of hydrogen-bond donors (Lipinski definition) is 0. The van der Waals surface area contributed by atoms with E-state index in [2.05, 4.69) is 17.0 Å². The summed E-state index contributed by atoms with van der Waals surface area (Å²) in [5.41, 5.74) is 1.22. The van der Waals surface area contributed by atoms with Gasteiger partial charge in [-0.05, 0) is 17.7 Å². The molecule has 0 aliphatic carbocycles. The van der Waals surface area contributed by atoms with Gasteiger partial charge in [-0.2, -0.15) is 4.31 Å². The lowest BCUT2D eigenvalue weighted by Crippen LogP contribution is -2.48. The van der Waals surface area contributed by atoms with Crippen LogP contribution in [0.15, 0.2) is 53.4 Å². The molecule has 2 aromatic rings. The van der Waals surface area contributed by atoms with Crippen molar-refractivity contribution in [3.8, 4) is 0 Å². The highest BCUT2D eigenvalue weighted by molar-refractivity contribution is 7.89. The molecule has 0 N–H and O–H groups in total. The molecule has 4 nitrogen and oxygen atoms in total. The first-order valence-electron chi connectivity index (χ1n) is 7.69. The maximum absolute atomic E-state index is 12.8. The average molecular weight is 385 g/mol. The van der Waals surface area contributed by atoms with Crippen LogP contribution in [0.4, 0.5) is 0 Å². The van der Waals surface area contributed by atoms with Crippen molar-refractivity contribution >= 4 is 33.2 Å². The number of rotatable bonds is 4. The minimum Gasteiger partial charge on any atom is -0.296 e. The summed E-state index contributed by atoms with van der Waals surface area (Å²) < 4.78 is 27.1. The van der Waals surface area contributed by atoms with E-state index in [1.165, 1.54) is 9.87 Å². The fraction of sp³-hybridized carbons (Fsp3) is 0.294. The van der Waals surface area contributed by atoms with E-state index in [0.29, 0.717) is 26.2 Å². The molecule has 1 aliphatic heterocycles. The number of piperazine rings is 1. The Labute approximate surface area is 152 Å². The van der Waals surface area contributed by atoms with Gasteiger partial charge in [0.2, 0.25) is 10.0 Å². The van der Waals surface area contributed by atoms with Gasteiger partial charge in [0.05, 0.1) is 10.0 Å². The summed E-state index contributed by atoms with van der Waals surface area (Å²) in [6, 6.07) is 14.9. The minimum atomic E-state index is -3.68. The molecular weight excluding hydrogens is 367 g/mol. The summed E-state index contributed by atoms with van der Waals surface area (Å²) in [6.45, 7) is 3.03. The molecule has 0 saturated carbocycles. The van der Waals surface area contributed by atoms with Crippen molar-refractivity contribution in [1.29, 1.82) is 0 Å². The molecule has 0 unspecified atom stereocenters. The number of hydrogen-bond acceptors (Lipinski definition) is 3. The van der Waals surface area contributed by atoms with Crippen LogP contribution >= 0.6 is 23.2 Å². The molecule has 0 spiro atoms. The Morgan fingerprint density at radius 1 is 0.833 bits per heavy atom. The molecule has 0 radical (unpaired) electrons. The lowest BCUT2D eigenvalue weighted by atomic mass is 10.2. The highest BCUT2D eigenvalue weighted by Crippen LogP contribution is 2.31. The summed E-state index contributed by atoms with van der Waals surface area (Å²) in [4.78, 5) is 2.25.